The minimum Gasteiger partial charge on any atom is -0.444 e. The summed E-state index contributed by atoms with van der Waals surface area (Å²) in [5.74, 6) is -1.99. The monoisotopic (exact) mass is 388 g/mol. The maximum atomic E-state index is 12.1. The fraction of sp³-hybridized carbons (Fsp3) is 0.400. The van der Waals surface area contributed by atoms with E-state index in [1.54, 1.807) is 20.8 Å². The van der Waals surface area contributed by atoms with E-state index in [1.807, 2.05) is 30.3 Å². The summed E-state index contributed by atoms with van der Waals surface area (Å²) in [6.45, 7) is 5.24. The molecule has 1 saturated heterocycles. The van der Waals surface area contributed by atoms with Gasteiger partial charge in [0.1, 0.15) is 5.60 Å². The van der Waals surface area contributed by atoms with Crippen LogP contribution in [0.15, 0.2) is 42.5 Å². The highest BCUT2D eigenvalue weighted by atomic mass is 16.7. The summed E-state index contributed by atoms with van der Waals surface area (Å²) in [6.07, 6.45) is 2.33. The largest absolute Gasteiger partial charge is 0.444 e. The molecule has 2 rings (SSSR count). The molecule has 0 spiro atoms. The predicted molar refractivity (Wildman–Crippen MR) is 99.6 cm³/mol. The first-order chi connectivity index (χ1) is 13.1. The Kier molecular flexibility index (Phi) is 6.92. The van der Waals surface area contributed by atoms with Crippen molar-refractivity contribution in [2.24, 2.45) is 0 Å². The number of nitrogens with one attached hydrogen (secondary N) is 1. The lowest BCUT2D eigenvalue weighted by Crippen LogP contribution is -2.39. The molecular weight excluding hydrogens is 364 g/mol. The fourth-order valence-electron chi connectivity index (χ4n) is 2.47. The number of ether oxygens (including phenoxy) is 1. The van der Waals surface area contributed by atoms with Crippen LogP contribution in [0.2, 0.25) is 0 Å². The van der Waals surface area contributed by atoms with Gasteiger partial charge in [-0.3, -0.25) is 9.59 Å². The van der Waals surface area contributed by atoms with Crippen molar-refractivity contribution < 1.29 is 28.8 Å². The van der Waals surface area contributed by atoms with Crippen molar-refractivity contribution in [2.75, 3.05) is 0 Å². The molecule has 0 aromatic heterocycles. The molecule has 1 unspecified atom stereocenters. The molecule has 8 nitrogen and oxygen atoms in total. The molecule has 0 radical (unpaired) electrons. The summed E-state index contributed by atoms with van der Waals surface area (Å²) >= 11 is 0. The molecule has 1 aliphatic heterocycles. The van der Waals surface area contributed by atoms with E-state index in [0.29, 0.717) is 11.5 Å². The number of amides is 3. The van der Waals surface area contributed by atoms with Crippen LogP contribution in [0.5, 0.6) is 0 Å². The Bertz CT molecular complexity index is 751. The first-order valence-electron chi connectivity index (χ1n) is 8.93. The third kappa shape index (κ3) is 6.86. The number of carbonyl (C=O) groups excluding carboxylic acids is 4. The van der Waals surface area contributed by atoms with Crippen molar-refractivity contribution >= 4 is 23.9 Å². The predicted octanol–water partition coefficient (Wildman–Crippen LogP) is 2.29. The number of hydrogen-bond acceptors (Lipinski definition) is 6. The smallest absolute Gasteiger partial charge is 0.408 e. The lowest BCUT2D eigenvalue weighted by atomic mass is 10.1. The molecule has 1 aromatic carbocycles. The summed E-state index contributed by atoms with van der Waals surface area (Å²) in [5.41, 5.74) is 0.270. The van der Waals surface area contributed by atoms with Gasteiger partial charge in [0.05, 0.1) is 6.04 Å². The Balaban J connectivity index is 2.03. The van der Waals surface area contributed by atoms with Crippen LogP contribution in [-0.2, 0) is 30.4 Å². The number of alkyl carbamates (subject to hydrolysis) is 1. The molecule has 1 aliphatic rings. The molecule has 3 amide bonds. The number of imide groups is 1. The van der Waals surface area contributed by atoms with Gasteiger partial charge >= 0.3 is 12.1 Å². The van der Waals surface area contributed by atoms with Gasteiger partial charge in [-0.25, -0.2) is 9.59 Å². The number of carbonyl (C=O) groups is 4. The molecular formula is C20H24N2O6. The standard InChI is InChI=1S/C20H24N2O6/c1-20(2,3)27-19(26)21-15(13-14-7-5-4-6-8-14)9-12-18(25)28-22-16(23)10-11-17(22)24/h4-9,12,15H,10-11,13H2,1-3H3,(H,21,26). The van der Waals surface area contributed by atoms with E-state index >= 15 is 0 Å². The van der Waals surface area contributed by atoms with Crippen LogP contribution in [0.3, 0.4) is 0 Å². The molecule has 1 heterocycles. The third-order valence-corrected chi connectivity index (χ3v) is 3.65. The average Bonchev–Trinajstić information content (AvgIpc) is 2.91. The number of rotatable bonds is 6. The minimum absolute atomic E-state index is 0.0205. The van der Waals surface area contributed by atoms with Gasteiger partial charge in [0.2, 0.25) is 0 Å². The van der Waals surface area contributed by atoms with E-state index in [0.717, 1.165) is 11.6 Å². The van der Waals surface area contributed by atoms with E-state index in [4.69, 9.17) is 9.57 Å². The molecule has 150 valence electrons. The molecule has 8 heteroatoms. The van der Waals surface area contributed by atoms with Gasteiger partial charge in [0, 0.05) is 18.9 Å². The molecule has 28 heavy (non-hydrogen) atoms. The van der Waals surface area contributed by atoms with Crippen LogP contribution in [0, 0.1) is 0 Å². The summed E-state index contributed by atoms with van der Waals surface area (Å²) in [7, 11) is 0. The molecule has 1 fully saturated rings. The van der Waals surface area contributed by atoms with Crippen LogP contribution in [0.4, 0.5) is 4.79 Å². The zero-order valence-corrected chi connectivity index (χ0v) is 16.1. The second kappa shape index (κ2) is 9.16. The summed E-state index contributed by atoms with van der Waals surface area (Å²) in [4.78, 5) is 51.9. The van der Waals surface area contributed by atoms with E-state index in [9.17, 15) is 19.2 Å². The van der Waals surface area contributed by atoms with E-state index in [2.05, 4.69) is 5.32 Å². The zero-order chi connectivity index (χ0) is 20.7. The Hall–Kier alpha value is -3.16. The van der Waals surface area contributed by atoms with Gasteiger partial charge in [-0.1, -0.05) is 36.4 Å². The highest BCUT2D eigenvalue weighted by Crippen LogP contribution is 2.13. The van der Waals surface area contributed by atoms with E-state index in [-0.39, 0.29) is 12.8 Å². The molecule has 1 N–H and O–H groups in total. The summed E-state index contributed by atoms with van der Waals surface area (Å²) < 4.78 is 5.25. The van der Waals surface area contributed by atoms with Gasteiger partial charge in [-0.2, -0.15) is 0 Å². The van der Waals surface area contributed by atoms with Crippen LogP contribution >= 0.6 is 0 Å². The third-order valence-electron chi connectivity index (χ3n) is 3.65. The van der Waals surface area contributed by atoms with Gasteiger partial charge in [-0.05, 0) is 32.8 Å². The van der Waals surface area contributed by atoms with Crippen LogP contribution in [0.1, 0.15) is 39.2 Å². The van der Waals surface area contributed by atoms with Crippen molar-refractivity contribution in [1.82, 2.24) is 10.4 Å². The average molecular weight is 388 g/mol. The second-order valence-electron chi connectivity index (χ2n) is 7.29. The number of benzene rings is 1. The summed E-state index contributed by atoms with van der Waals surface area (Å²) in [6, 6.07) is 8.81. The topological polar surface area (TPSA) is 102 Å². The molecule has 0 bridgehead atoms. The van der Waals surface area contributed by atoms with Crippen molar-refractivity contribution in [1.29, 1.82) is 0 Å². The van der Waals surface area contributed by atoms with Crippen LogP contribution < -0.4 is 5.32 Å². The Morgan fingerprint density at radius 2 is 1.75 bits per heavy atom. The minimum atomic E-state index is -0.882. The molecule has 1 atom stereocenters. The van der Waals surface area contributed by atoms with Crippen molar-refractivity contribution in [3.8, 4) is 0 Å². The first-order valence-corrected chi connectivity index (χ1v) is 8.93. The Morgan fingerprint density at radius 3 is 2.32 bits per heavy atom. The zero-order valence-electron chi connectivity index (χ0n) is 16.1. The van der Waals surface area contributed by atoms with Crippen LogP contribution in [0.25, 0.3) is 0 Å². The number of hydroxylamine groups is 2. The molecule has 0 aliphatic carbocycles. The Morgan fingerprint density at radius 1 is 1.14 bits per heavy atom. The lowest BCUT2D eigenvalue weighted by molar-refractivity contribution is -0.193. The highest BCUT2D eigenvalue weighted by Gasteiger charge is 2.32. The molecule has 0 saturated carbocycles. The van der Waals surface area contributed by atoms with Crippen LogP contribution in [-0.4, -0.2) is 40.6 Å². The number of nitrogens with zero attached hydrogens (tertiary/aromatic N) is 1. The maximum Gasteiger partial charge on any atom is 0.408 e. The Labute approximate surface area is 163 Å². The fourth-order valence-corrected chi connectivity index (χ4v) is 2.47. The van der Waals surface area contributed by atoms with E-state index in [1.165, 1.54) is 6.08 Å². The number of hydrogen-bond donors (Lipinski definition) is 1. The van der Waals surface area contributed by atoms with Crippen molar-refractivity contribution in [3.63, 3.8) is 0 Å². The normalized spacial score (nSPS) is 15.6. The second-order valence-corrected chi connectivity index (χ2v) is 7.29. The van der Waals surface area contributed by atoms with Gasteiger partial charge in [0.15, 0.2) is 0 Å². The summed E-state index contributed by atoms with van der Waals surface area (Å²) in [5, 5.41) is 3.16. The van der Waals surface area contributed by atoms with Crippen molar-refractivity contribution in [3.05, 3.63) is 48.0 Å². The van der Waals surface area contributed by atoms with Gasteiger partial charge in [0.25, 0.3) is 11.8 Å². The van der Waals surface area contributed by atoms with Gasteiger partial charge < -0.3 is 14.9 Å². The molecule has 1 aromatic rings. The highest BCUT2D eigenvalue weighted by molar-refractivity contribution is 6.02. The lowest BCUT2D eigenvalue weighted by Gasteiger charge is -2.22. The van der Waals surface area contributed by atoms with Crippen molar-refractivity contribution in [2.45, 2.75) is 51.7 Å². The SMILES string of the molecule is CC(C)(C)OC(=O)NC(C=CC(=O)ON1C(=O)CCC1=O)Cc1ccccc1. The maximum absolute atomic E-state index is 12.1. The first kappa shape index (κ1) is 21.1. The van der Waals surface area contributed by atoms with E-state index < -0.39 is 35.5 Å². The van der Waals surface area contributed by atoms with Gasteiger partial charge in [-0.15, -0.1) is 5.06 Å². The quantitative estimate of drug-likeness (QED) is 0.593.